The summed E-state index contributed by atoms with van der Waals surface area (Å²) in [6, 6.07) is 0. The zero-order chi connectivity index (χ0) is 9.40. The lowest BCUT2D eigenvalue weighted by Crippen LogP contribution is -2.01. The van der Waals surface area contributed by atoms with Gasteiger partial charge in [-0.05, 0) is 12.3 Å². The van der Waals surface area contributed by atoms with E-state index < -0.39 is 0 Å². The molecule has 0 aromatic heterocycles. The van der Waals surface area contributed by atoms with Gasteiger partial charge in [0.2, 0.25) is 0 Å². The van der Waals surface area contributed by atoms with Crippen LogP contribution in [-0.4, -0.2) is 12.6 Å². The number of carbonyl (C=O) groups is 1. The maximum Gasteiger partial charge on any atom is 0.305 e. The van der Waals surface area contributed by atoms with Gasteiger partial charge >= 0.3 is 5.97 Å². The lowest BCUT2D eigenvalue weighted by atomic mass is 10.1. The van der Waals surface area contributed by atoms with E-state index in [1.807, 2.05) is 12.2 Å². The lowest BCUT2D eigenvalue weighted by molar-refractivity contribution is -0.141. The average molecular weight is 170 g/mol. The SMILES string of the molecule is CCC(=O)OCC=CCC(C)C. The first-order valence-corrected chi connectivity index (χ1v) is 4.47. The van der Waals surface area contributed by atoms with Gasteiger partial charge in [0.1, 0.15) is 6.61 Å². The van der Waals surface area contributed by atoms with Gasteiger partial charge in [-0.15, -0.1) is 0 Å². The van der Waals surface area contributed by atoms with Crippen molar-refractivity contribution < 1.29 is 9.53 Å². The van der Waals surface area contributed by atoms with Gasteiger partial charge < -0.3 is 4.74 Å². The molecule has 2 heteroatoms. The Morgan fingerprint density at radius 3 is 2.58 bits per heavy atom. The molecule has 0 spiro atoms. The minimum Gasteiger partial charge on any atom is -0.461 e. The molecule has 0 aliphatic heterocycles. The Hall–Kier alpha value is -0.790. The van der Waals surface area contributed by atoms with Gasteiger partial charge in [-0.1, -0.05) is 32.9 Å². The van der Waals surface area contributed by atoms with E-state index in [-0.39, 0.29) is 5.97 Å². The predicted octanol–water partition coefficient (Wildman–Crippen LogP) is 2.54. The molecule has 0 aliphatic rings. The minimum absolute atomic E-state index is 0.135. The maximum atomic E-state index is 10.7. The van der Waals surface area contributed by atoms with Crippen LogP contribution >= 0.6 is 0 Å². The fourth-order valence-corrected chi connectivity index (χ4v) is 0.680. The van der Waals surface area contributed by atoms with Crippen molar-refractivity contribution in [3.05, 3.63) is 12.2 Å². The van der Waals surface area contributed by atoms with Crippen molar-refractivity contribution in [2.75, 3.05) is 6.61 Å². The Morgan fingerprint density at radius 1 is 1.42 bits per heavy atom. The van der Waals surface area contributed by atoms with Crippen molar-refractivity contribution in [2.45, 2.75) is 33.6 Å². The lowest BCUT2D eigenvalue weighted by Gasteiger charge is -1.98. The van der Waals surface area contributed by atoms with Gasteiger partial charge in [-0.25, -0.2) is 0 Å². The highest BCUT2D eigenvalue weighted by molar-refractivity contribution is 5.68. The third-order valence-electron chi connectivity index (χ3n) is 1.40. The second-order valence-electron chi connectivity index (χ2n) is 3.14. The molecule has 0 aromatic rings. The smallest absolute Gasteiger partial charge is 0.305 e. The third-order valence-corrected chi connectivity index (χ3v) is 1.40. The van der Waals surface area contributed by atoms with Crippen LogP contribution in [0, 0.1) is 5.92 Å². The molecule has 0 amide bonds. The average Bonchev–Trinajstić information content (AvgIpc) is 2.03. The highest BCUT2D eigenvalue weighted by atomic mass is 16.5. The molecule has 2 nitrogen and oxygen atoms in total. The van der Waals surface area contributed by atoms with E-state index in [9.17, 15) is 4.79 Å². The van der Waals surface area contributed by atoms with Crippen molar-refractivity contribution in [3.63, 3.8) is 0 Å². The van der Waals surface area contributed by atoms with E-state index in [0.717, 1.165) is 6.42 Å². The monoisotopic (exact) mass is 170 g/mol. The first kappa shape index (κ1) is 11.2. The number of rotatable bonds is 5. The van der Waals surface area contributed by atoms with Crippen LogP contribution in [0.4, 0.5) is 0 Å². The molecule has 0 fully saturated rings. The van der Waals surface area contributed by atoms with Gasteiger partial charge in [0.05, 0.1) is 0 Å². The van der Waals surface area contributed by atoms with Crippen molar-refractivity contribution in [3.8, 4) is 0 Å². The van der Waals surface area contributed by atoms with Crippen molar-refractivity contribution in [1.29, 1.82) is 0 Å². The van der Waals surface area contributed by atoms with Crippen LogP contribution < -0.4 is 0 Å². The molecule has 0 N–H and O–H groups in total. The summed E-state index contributed by atoms with van der Waals surface area (Å²) in [7, 11) is 0. The number of hydrogen-bond donors (Lipinski definition) is 0. The molecule has 12 heavy (non-hydrogen) atoms. The van der Waals surface area contributed by atoms with Crippen LogP contribution in [0.5, 0.6) is 0 Å². The molecular formula is C10H18O2. The molecule has 0 radical (unpaired) electrons. The van der Waals surface area contributed by atoms with E-state index in [1.54, 1.807) is 6.92 Å². The van der Waals surface area contributed by atoms with E-state index >= 15 is 0 Å². The summed E-state index contributed by atoms with van der Waals surface area (Å²) < 4.78 is 4.85. The topological polar surface area (TPSA) is 26.3 Å². The minimum atomic E-state index is -0.135. The van der Waals surface area contributed by atoms with Crippen molar-refractivity contribution >= 4 is 5.97 Å². The second kappa shape index (κ2) is 6.89. The van der Waals surface area contributed by atoms with Crippen LogP contribution in [0.3, 0.4) is 0 Å². The number of allylic oxidation sites excluding steroid dienone is 1. The Labute approximate surface area is 74.6 Å². The molecule has 0 unspecified atom stereocenters. The summed E-state index contributed by atoms with van der Waals surface area (Å²) in [5.41, 5.74) is 0. The van der Waals surface area contributed by atoms with Crippen LogP contribution in [0.1, 0.15) is 33.6 Å². The van der Waals surface area contributed by atoms with E-state index in [0.29, 0.717) is 18.9 Å². The Kier molecular flexibility index (Phi) is 6.44. The Balaban J connectivity index is 3.30. The van der Waals surface area contributed by atoms with Crippen LogP contribution in [0.25, 0.3) is 0 Å². The number of carbonyl (C=O) groups excluding carboxylic acids is 1. The second-order valence-corrected chi connectivity index (χ2v) is 3.14. The standard InChI is InChI=1S/C10H18O2/c1-4-10(11)12-8-6-5-7-9(2)3/h5-6,9H,4,7-8H2,1-3H3. The number of ether oxygens (including phenoxy) is 1. The van der Waals surface area contributed by atoms with Crippen molar-refractivity contribution in [1.82, 2.24) is 0 Å². The third kappa shape index (κ3) is 7.32. The predicted molar refractivity (Wildman–Crippen MR) is 49.8 cm³/mol. The zero-order valence-corrected chi connectivity index (χ0v) is 8.17. The molecule has 0 saturated heterocycles. The summed E-state index contributed by atoms with van der Waals surface area (Å²) in [5, 5.41) is 0. The highest BCUT2D eigenvalue weighted by Crippen LogP contribution is 1.99. The fraction of sp³-hybridized carbons (Fsp3) is 0.700. The molecule has 0 aliphatic carbocycles. The summed E-state index contributed by atoms with van der Waals surface area (Å²) >= 11 is 0. The molecular weight excluding hydrogens is 152 g/mol. The molecule has 70 valence electrons. The van der Waals surface area contributed by atoms with Crippen LogP contribution in [-0.2, 0) is 9.53 Å². The van der Waals surface area contributed by atoms with Crippen LogP contribution in [0.2, 0.25) is 0 Å². The Bertz CT molecular complexity index is 148. The van der Waals surface area contributed by atoms with E-state index in [4.69, 9.17) is 4.74 Å². The van der Waals surface area contributed by atoms with Gasteiger partial charge in [0.15, 0.2) is 0 Å². The van der Waals surface area contributed by atoms with Gasteiger partial charge in [0.25, 0.3) is 0 Å². The normalized spacial score (nSPS) is 11.0. The first-order valence-electron chi connectivity index (χ1n) is 4.47. The van der Waals surface area contributed by atoms with Gasteiger partial charge in [-0.3, -0.25) is 4.79 Å². The maximum absolute atomic E-state index is 10.7. The zero-order valence-electron chi connectivity index (χ0n) is 8.17. The molecule has 0 bridgehead atoms. The van der Waals surface area contributed by atoms with E-state index in [1.165, 1.54) is 0 Å². The number of hydrogen-bond acceptors (Lipinski definition) is 2. The quantitative estimate of drug-likeness (QED) is 0.468. The molecule has 0 saturated carbocycles. The summed E-state index contributed by atoms with van der Waals surface area (Å²) in [4.78, 5) is 10.7. The van der Waals surface area contributed by atoms with Crippen molar-refractivity contribution in [2.24, 2.45) is 5.92 Å². The van der Waals surface area contributed by atoms with E-state index in [2.05, 4.69) is 13.8 Å². The fourth-order valence-electron chi connectivity index (χ4n) is 0.680. The van der Waals surface area contributed by atoms with Crippen LogP contribution in [0.15, 0.2) is 12.2 Å². The summed E-state index contributed by atoms with van der Waals surface area (Å²) in [6.45, 7) is 6.52. The summed E-state index contributed by atoms with van der Waals surface area (Å²) in [6.07, 6.45) is 5.45. The largest absolute Gasteiger partial charge is 0.461 e. The molecule has 0 atom stereocenters. The molecule has 0 rings (SSSR count). The molecule has 0 aromatic carbocycles. The molecule has 0 heterocycles. The summed E-state index contributed by atoms with van der Waals surface area (Å²) in [5.74, 6) is 0.535. The Morgan fingerprint density at radius 2 is 2.08 bits per heavy atom. The van der Waals surface area contributed by atoms with Gasteiger partial charge in [0, 0.05) is 6.42 Å². The highest BCUT2D eigenvalue weighted by Gasteiger charge is 1.93. The van der Waals surface area contributed by atoms with Gasteiger partial charge in [-0.2, -0.15) is 0 Å². The first-order chi connectivity index (χ1) is 5.66. The number of esters is 1.